The van der Waals surface area contributed by atoms with Crippen LogP contribution in [0.3, 0.4) is 0 Å². The van der Waals surface area contributed by atoms with Gasteiger partial charge in [0.1, 0.15) is 0 Å². The number of nitrogens with zero attached hydrogens (tertiary/aromatic N) is 1. The average molecular weight is 294 g/mol. The molecule has 0 aromatic heterocycles. The molecule has 1 saturated heterocycles. The molecule has 2 N–H and O–H groups in total. The molecule has 0 radical (unpaired) electrons. The lowest BCUT2D eigenvalue weighted by molar-refractivity contribution is 0.389. The standard InChI is InChI=1S/C13H16BrN3/c1-9-12(3-2-6-16-9)17-13-5-4-10(8-15)7-11(13)14/h4-5,7,9,12,16-17H,2-3,6H2,1H3. The minimum atomic E-state index is 0.452. The summed E-state index contributed by atoms with van der Waals surface area (Å²) in [5.74, 6) is 0. The molecule has 0 bridgehead atoms. The zero-order valence-electron chi connectivity index (χ0n) is 9.83. The van der Waals surface area contributed by atoms with E-state index in [1.54, 1.807) is 0 Å². The number of anilines is 1. The normalized spacial score (nSPS) is 24.1. The van der Waals surface area contributed by atoms with Crippen molar-refractivity contribution >= 4 is 21.6 Å². The lowest BCUT2D eigenvalue weighted by Crippen LogP contribution is -2.46. The van der Waals surface area contributed by atoms with Crippen LogP contribution in [-0.2, 0) is 0 Å². The van der Waals surface area contributed by atoms with Gasteiger partial charge in [0.2, 0.25) is 0 Å². The van der Waals surface area contributed by atoms with Crippen LogP contribution < -0.4 is 10.6 Å². The Hall–Kier alpha value is -1.05. The summed E-state index contributed by atoms with van der Waals surface area (Å²) in [5, 5.41) is 15.8. The summed E-state index contributed by atoms with van der Waals surface area (Å²) in [4.78, 5) is 0. The van der Waals surface area contributed by atoms with E-state index < -0.39 is 0 Å². The Kier molecular flexibility index (Phi) is 4.03. The molecule has 90 valence electrons. The van der Waals surface area contributed by atoms with Gasteiger partial charge in [0.15, 0.2) is 0 Å². The zero-order valence-corrected chi connectivity index (χ0v) is 11.4. The van der Waals surface area contributed by atoms with Crippen molar-refractivity contribution in [3.8, 4) is 6.07 Å². The Morgan fingerprint density at radius 2 is 2.35 bits per heavy atom. The smallest absolute Gasteiger partial charge is 0.0992 e. The molecule has 1 heterocycles. The largest absolute Gasteiger partial charge is 0.380 e. The van der Waals surface area contributed by atoms with Crippen molar-refractivity contribution in [1.29, 1.82) is 5.26 Å². The Balaban J connectivity index is 2.10. The molecular formula is C13H16BrN3. The summed E-state index contributed by atoms with van der Waals surface area (Å²) >= 11 is 3.50. The minimum absolute atomic E-state index is 0.452. The number of halogens is 1. The molecule has 0 aliphatic carbocycles. The molecular weight excluding hydrogens is 278 g/mol. The summed E-state index contributed by atoms with van der Waals surface area (Å²) in [6.07, 6.45) is 2.39. The maximum absolute atomic E-state index is 8.82. The molecule has 3 nitrogen and oxygen atoms in total. The Morgan fingerprint density at radius 3 is 3.00 bits per heavy atom. The fourth-order valence-electron chi connectivity index (χ4n) is 2.14. The molecule has 2 atom stereocenters. The highest BCUT2D eigenvalue weighted by Gasteiger charge is 2.20. The Morgan fingerprint density at radius 1 is 1.53 bits per heavy atom. The highest BCUT2D eigenvalue weighted by atomic mass is 79.9. The molecule has 4 heteroatoms. The van der Waals surface area contributed by atoms with Gasteiger partial charge < -0.3 is 10.6 Å². The number of piperidine rings is 1. The SMILES string of the molecule is CC1NCCCC1Nc1ccc(C#N)cc1Br. The number of benzene rings is 1. The quantitative estimate of drug-likeness (QED) is 0.881. The van der Waals surface area contributed by atoms with Crippen LogP contribution in [0, 0.1) is 11.3 Å². The molecule has 1 aliphatic rings. The highest BCUT2D eigenvalue weighted by Crippen LogP contribution is 2.25. The second-order valence-electron chi connectivity index (χ2n) is 4.44. The van der Waals surface area contributed by atoms with Gasteiger partial charge in [-0.2, -0.15) is 5.26 Å². The monoisotopic (exact) mass is 293 g/mol. The molecule has 1 fully saturated rings. The van der Waals surface area contributed by atoms with E-state index in [9.17, 15) is 0 Å². The van der Waals surface area contributed by atoms with Crippen LogP contribution >= 0.6 is 15.9 Å². The lowest BCUT2D eigenvalue weighted by atomic mass is 9.99. The molecule has 1 aliphatic heterocycles. The van der Waals surface area contributed by atoms with Crippen LogP contribution in [0.25, 0.3) is 0 Å². The van der Waals surface area contributed by atoms with Gasteiger partial charge in [-0.3, -0.25) is 0 Å². The first-order chi connectivity index (χ1) is 8.20. The number of nitriles is 1. The average Bonchev–Trinajstić information content (AvgIpc) is 2.34. The van der Waals surface area contributed by atoms with E-state index in [4.69, 9.17) is 5.26 Å². The summed E-state index contributed by atoms with van der Waals surface area (Å²) in [5.41, 5.74) is 1.74. The van der Waals surface area contributed by atoms with Gasteiger partial charge in [-0.1, -0.05) is 0 Å². The van der Waals surface area contributed by atoms with Gasteiger partial charge in [0, 0.05) is 22.2 Å². The van der Waals surface area contributed by atoms with Gasteiger partial charge in [0.25, 0.3) is 0 Å². The Labute approximate surface area is 110 Å². The van der Waals surface area contributed by atoms with Crippen molar-refractivity contribution in [1.82, 2.24) is 5.32 Å². The maximum Gasteiger partial charge on any atom is 0.0992 e. The summed E-state index contributed by atoms with van der Waals surface area (Å²) in [6, 6.07) is 8.72. The topological polar surface area (TPSA) is 47.8 Å². The molecule has 2 unspecified atom stereocenters. The third kappa shape index (κ3) is 2.99. The van der Waals surface area contributed by atoms with E-state index >= 15 is 0 Å². The maximum atomic E-state index is 8.82. The van der Waals surface area contributed by atoms with Crippen LogP contribution in [0.15, 0.2) is 22.7 Å². The predicted molar refractivity (Wildman–Crippen MR) is 73.0 cm³/mol. The number of rotatable bonds is 2. The summed E-state index contributed by atoms with van der Waals surface area (Å²) in [6.45, 7) is 3.31. The van der Waals surface area contributed by atoms with Gasteiger partial charge in [0.05, 0.1) is 11.6 Å². The van der Waals surface area contributed by atoms with Gasteiger partial charge in [-0.15, -0.1) is 0 Å². The van der Waals surface area contributed by atoms with Crippen molar-refractivity contribution in [2.75, 3.05) is 11.9 Å². The minimum Gasteiger partial charge on any atom is -0.380 e. The van der Waals surface area contributed by atoms with Crippen molar-refractivity contribution in [3.05, 3.63) is 28.2 Å². The van der Waals surface area contributed by atoms with Crippen LogP contribution in [0.2, 0.25) is 0 Å². The first kappa shape index (κ1) is 12.4. The molecule has 0 amide bonds. The molecule has 2 rings (SSSR count). The highest BCUT2D eigenvalue weighted by molar-refractivity contribution is 9.10. The Bertz CT molecular complexity index is 439. The molecule has 0 saturated carbocycles. The van der Waals surface area contributed by atoms with Crippen LogP contribution in [-0.4, -0.2) is 18.6 Å². The van der Waals surface area contributed by atoms with Gasteiger partial charge in [-0.25, -0.2) is 0 Å². The van der Waals surface area contributed by atoms with E-state index in [0.717, 1.165) is 16.7 Å². The van der Waals surface area contributed by atoms with E-state index in [1.165, 1.54) is 12.8 Å². The second kappa shape index (κ2) is 5.52. The number of hydrogen-bond donors (Lipinski definition) is 2. The lowest BCUT2D eigenvalue weighted by Gasteiger charge is -2.31. The van der Waals surface area contributed by atoms with Crippen molar-refractivity contribution in [2.24, 2.45) is 0 Å². The first-order valence-electron chi connectivity index (χ1n) is 5.90. The van der Waals surface area contributed by atoms with Crippen molar-refractivity contribution in [2.45, 2.75) is 31.8 Å². The summed E-state index contributed by atoms with van der Waals surface area (Å²) < 4.78 is 0.953. The van der Waals surface area contributed by atoms with Gasteiger partial charge >= 0.3 is 0 Å². The van der Waals surface area contributed by atoms with E-state index in [0.29, 0.717) is 17.6 Å². The molecule has 17 heavy (non-hydrogen) atoms. The van der Waals surface area contributed by atoms with Crippen LogP contribution in [0.1, 0.15) is 25.3 Å². The third-order valence-electron chi connectivity index (χ3n) is 3.20. The number of nitrogens with one attached hydrogen (secondary N) is 2. The van der Waals surface area contributed by atoms with Crippen molar-refractivity contribution in [3.63, 3.8) is 0 Å². The van der Waals surface area contributed by atoms with E-state index in [1.807, 2.05) is 18.2 Å². The fraction of sp³-hybridized carbons (Fsp3) is 0.462. The van der Waals surface area contributed by atoms with E-state index in [2.05, 4.69) is 39.6 Å². The van der Waals surface area contributed by atoms with Crippen LogP contribution in [0.4, 0.5) is 5.69 Å². The van der Waals surface area contributed by atoms with Gasteiger partial charge in [-0.05, 0) is 60.4 Å². The third-order valence-corrected chi connectivity index (χ3v) is 3.86. The molecule has 1 aromatic rings. The fourth-order valence-corrected chi connectivity index (χ4v) is 2.64. The molecule has 1 aromatic carbocycles. The summed E-state index contributed by atoms with van der Waals surface area (Å²) in [7, 11) is 0. The predicted octanol–water partition coefficient (Wildman–Crippen LogP) is 2.87. The zero-order chi connectivity index (χ0) is 12.3. The second-order valence-corrected chi connectivity index (χ2v) is 5.30. The van der Waals surface area contributed by atoms with Crippen LogP contribution in [0.5, 0.6) is 0 Å². The molecule has 0 spiro atoms. The first-order valence-corrected chi connectivity index (χ1v) is 6.69. The van der Waals surface area contributed by atoms with E-state index in [-0.39, 0.29) is 0 Å². The number of hydrogen-bond acceptors (Lipinski definition) is 3. The van der Waals surface area contributed by atoms with Crippen molar-refractivity contribution < 1.29 is 0 Å².